The molecule has 144 valence electrons. The zero-order valence-corrected chi connectivity index (χ0v) is 16.8. The van der Waals surface area contributed by atoms with E-state index in [9.17, 15) is 13.2 Å². The Morgan fingerprint density at radius 1 is 1.42 bits per heavy atom. The van der Waals surface area contributed by atoms with Crippen molar-refractivity contribution in [2.24, 2.45) is 12.0 Å². The molecule has 0 saturated carbocycles. The average Bonchev–Trinajstić information content (AvgIpc) is 2.94. The number of alkyl halides is 2. The minimum atomic E-state index is -3.03. The number of rotatable bonds is 6. The predicted octanol–water partition coefficient (Wildman–Crippen LogP) is 2.38. The molecule has 0 aliphatic carbocycles. The summed E-state index contributed by atoms with van der Waals surface area (Å²) in [7, 11) is 5.09. The van der Waals surface area contributed by atoms with Gasteiger partial charge in [-0.15, -0.1) is 24.0 Å². The lowest BCUT2D eigenvalue weighted by Crippen LogP contribution is -2.38. The Bertz CT molecular complexity index is 740. The number of aromatic nitrogens is 3. The molecule has 0 radical (unpaired) electrons. The van der Waals surface area contributed by atoms with Crippen LogP contribution in [-0.2, 0) is 20.1 Å². The van der Waals surface area contributed by atoms with Crippen LogP contribution in [0.5, 0.6) is 5.75 Å². The van der Waals surface area contributed by atoms with Gasteiger partial charge in [-0.05, 0) is 12.1 Å². The Balaban J connectivity index is 0.00000338. The van der Waals surface area contributed by atoms with E-state index in [-0.39, 0.29) is 41.8 Å². The molecule has 1 aromatic carbocycles. The highest BCUT2D eigenvalue weighted by atomic mass is 127. The molecule has 0 atom stereocenters. The highest BCUT2D eigenvalue weighted by Gasteiger charge is 2.16. The van der Waals surface area contributed by atoms with E-state index in [0.29, 0.717) is 18.3 Å². The molecule has 2 rings (SSSR count). The lowest BCUT2D eigenvalue weighted by molar-refractivity contribution is -0.0506. The highest BCUT2D eigenvalue weighted by molar-refractivity contribution is 14.0. The van der Waals surface area contributed by atoms with E-state index in [1.54, 1.807) is 30.7 Å². The molecule has 2 aromatic rings. The standard InChI is InChI=1S/C15H19F3N6O.HI/c1-19-15(23(2)8-13-21-9-22-24(13)3)20-7-10-11(16)5-4-6-12(10)25-14(17)18;/h4-6,9,14H,7-8H2,1-3H3,(H,19,20);1H. The largest absolute Gasteiger partial charge is 0.434 e. The maximum absolute atomic E-state index is 14.0. The van der Waals surface area contributed by atoms with Gasteiger partial charge in [0.2, 0.25) is 0 Å². The number of ether oxygens (including phenoxy) is 1. The molecular weight excluding hydrogens is 464 g/mol. The zero-order chi connectivity index (χ0) is 18.4. The third kappa shape index (κ3) is 5.75. The van der Waals surface area contributed by atoms with Crippen LogP contribution < -0.4 is 10.1 Å². The van der Waals surface area contributed by atoms with Gasteiger partial charge in [0.15, 0.2) is 5.96 Å². The summed E-state index contributed by atoms with van der Waals surface area (Å²) in [6.07, 6.45) is 1.44. The lowest BCUT2D eigenvalue weighted by atomic mass is 10.2. The summed E-state index contributed by atoms with van der Waals surface area (Å²) < 4.78 is 44.9. The number of benzene rings is 1. The SMILES string of the molecule is CN=C(NCc1c(F)cccc1OC(F)F)N(C)Cc1ncnn1C.I. The van der Waals surface area contributed by atoms with Crippen LogP contribution >= 0.6 is 24.0 Å². The number of hydrogen-bond acceptors (Lipinski definition) is 4. The van der Waals surface area contributed by atoms with Crippen molar-refractivity contribution < 1.29 is 17.9 Å². The molecule has 1 heterocycles. The molecule has 0 amide bonds. The van der Waals surface area contributed by atoms with E-state index in [4.69, 9.17) is 0 Å². The quantitative estimate of drug-likeness (QED) is 0.388. The van der Waals surface area contributed by atoms with Gasteiger partial charge in [-0.25, -0.2) is 9.37 Å². The number of hydrogen-bond donors (Lipinski definition) is 1. The maximum atomic E-state index is 14.0. The smallest absolute Gasteiger partial charge is 0.387 e. The highest BCUT2D eigenvalue weighted by Crippen LogP contribution is 2.23. The molecule has 26 heavy (non-hydrogen) atoms. The van der Waals surface area contributed by atoms with Gasteiger partial charge in [-0.2, -0.15) is 13.9 Å². The van der Waals surface area contributed by atoms with Crippen LogP contribution in [0.4, 0.5) is 13.2 Å². The molecule has 0 unspecified atom stereocenters. The summed E-state index contributed by atoms with van der Waals surface area (Å²) in [5, 5.41) is 6.91. The molecule has 7 nitrogen and oxygen atoms in total. The van der Waals surface area contributed by atoms with Gasteiger partial charge in [0, 0.05) is 33.3 Å². The van der Waals surface area contributed by atoms with Crippen molar-refractivity contribution in [3.8, 4) is 5.75 Å². The third-order valence-corrected chi connectivity index (χ3v) is 3.47. The number of aryl methyl sites for hydroxylation is 1. The minimum absolute atomic E-state index is 0. The maximum Gasteiger partial charge on any atom is 0.387 e. The second kappa shape index (κ2) is 10.2. The van der Waals surface area contributed by atoms with Gasteiger partial charge in [0.05, 0.1) is 6.54 Å². The van der Waals surface area contributed by atoms with Gasteiger partial charge in [0.25, 0.3) is 0 Å². The van der Waals surface area contributed by atoms with E-state index in [1.165, 1.54) is 24.5 Å². The topological polar surface area (TPSA) is 67.6 Å². The first-order valence-corrected chi connectivity index (χ1v) is 7.39. The first-order valence-electron chi connectivity index (χ1n) is 7.39. The fourth-order valence-electron chi connectivity index (χ4n) is 2.22. The first-order chi connectivity index (χ1) is 11.9. The normalized spacial score (nSPS) is 11.3. The second-order valence-electron chi connectivity index (χ2n) is 5.15. The molecule has 0 fully saturated rings. The molecule has 0 aliphatic heterocycles. The van der Waals surface area contributed by atoms with Crippen molar-refractivity contribution in [1.29, 1.82) is 0 Å². The number of aliphatic imine (C=N–C) groups is 1. The predicted molar refractivity (Wildman–Crippen MR) is 101 cm³/mol. The third-order valence-electron chi connectivity index (χ3n) is 3.47. The van der Waals surface area contributed by atoms with Crippen LogP contribution in [0, 0.1) is 5.82 Å². The van der Waals surface area contributed by atoms with E-state index >= 15 is 0 Å². The van der Waals surface area contributed by atoms with Gasteiger partial charge >= 0.3 is 6.61 Å². The molecule has 0 aliphatic rings. The van der Waals surface area contributed by atoms with Crippen LogP contribution in [0.25, 0.3) is 0 Å². The summed E-state index contributed by atoms with van der Waals surface area (Å²) in [6.45, 7) is -2.68. The number of nitrogens with one attached hydrogen (secondary N) is 1. The molecule has 1 aromatic heterocycles. The van der Waals surface area contributed by atoms with Gasteiger partial charge in [-0.3, -0.25) is 9.67 Å². The van der Waals surface area contributed by atoms with Crippen LogP contribution in [-0.4, -0.2) is 46.3 Å². The molecule has 0 bridgehead atoms. The van der Waals surface area contributed by atoms with E-state index in [2.05, 4.69) is 25.1 Å². The Morgan fingerprint density at radius 2 is 2.15 bits per heavy atom. The summed E-state index contributed by atoms with van der Waals surface area (Å²) in [5.74, 6) is 0.290. The Labute approximate surface area is 166 Å². The monoisotopic (exact) mass is 484 g/mol. The van der Waals surface area contributed by atoms with Gasteiger partial charge in [0.1, 0.15) is 23.7 Å². The molecular formula is C15H20F3IN6O. The summed E-state index contributed by atoms with van der Waals surface area (Å²) in [5.41, 5.74) is -0.00370. The number of guanidine groups is 1. The van der Waals surface area contributed by atoms with Crippen molar-refractivity contribution in [1.82, 2.24) is 25.0 Å². The summed E-state index contributed by atoms with van der Waals surface area (Å²) in [6, 6.07) is 3.78. The van der Waals surface area contributed by atoms with E-state index < -0.39 is 12.4 Å². The Hall–Kier alpha value is -2.05. The van der Waals surface area contributed by atoms with Crippen molar-refractivity contribution in [2.75, 3.05) is 14.1 Å². The summed E-state index contributed by atoms with van der Waals surface area (Å²) in [4.78, 5) is 9.96. The Morgan fingerprint density at radius 3 is 2.73 bits per heavy atom. The fourth-order valence-corrected chi connectivity index (χ4v) is 2.22. The van der Waals surface area contributed by atoms with Gasteiger partial charge in [-0.1, -0.05) is 6.07 Å². The lowest BCUT2D eigenvalue weighted by Gasteiger charge is -2.22. The fraction of sp³-hybridized carbons (Fsp3) is 0.400. The van der Waals surface area contributed by atoms with E-state index in [0.717, 1.165) is 0 Å². The minimum Gasteiger partial charge on any atom is -0.434 e. The van der Waals surface area contributed by atoms with E-state index in [1.807, 2.05) is 0 Å². The molecule has 11 heteroatoms. The first kappa shape index (κ1) is 22.0. The van der Waals surface area contributed by atoms with Crippen LogP contribution in [0.1, 0.15) is 11.4 Å². The van der Waals surface area contributed by atoms with Crippen LogP contribution in [0.3, 0.4) is 0 Å². The second-order valence-corrected chi connectivity index (χ2v) is 5.15. The van der Waals surface area contributed by atoms with Crippen molar-refractivity contribution in [3.63, 3.8) is 0 Å². The van der Waals surface area contributed by atoms with Crippen molar-refractivity contribution in [3.05, 3.63) is 41.7 Å². The zero-order valence-electron chi connectivity index (χ0n) is 14.5. The van der Waals surface area contributed by atoms with Crippen LogP contribution in [0.15, 0.2) is 29.5 Å². The average molecular weight is 484 g/mol. The van der Waals surface area contributed by atoms with Crippen LogP contribution in [0.2, 0.25) is 0 Å². The van der Waals surface area contributed by atoms with Crippen molar-refractivity contribution in [2.45, 2.75) is 19.7 Å². The summed E-state index contributed by atoms with van der Waals surface area (Å²) >= 11 is 0. The Kier molecular flexibility index (Phi) is 8.61. The molecule has 1 N–H and O–H groups in total. The number of nitrogens with zero attached hydrogens (tertiary/aromatic N) is 5. The van der Waals surface area contributed by atoms with Crippen molar-refractivity contribution >= 4 is 29.9 Å². The van der Waals surface area contributed by atoms with Gasteiger partial charge < -0.3 is 15.0 Å². The molecule has 0 saturated heterocycles. The number of halogens is 4. The molecule has 0 spiro atoms.